The quantitative estimate of drug-likeness (QED) is 0.535. The third-order valence-corrected chi connectivity index (χ3v) is 6.20. The summed E-state index contributed by atoms with van der Waals surface area (Å²) in [6.07, 6.45) is 8.97. The van der Waals surface area contributed by atoms with Gasteiger partial charge in [0.25, 0.3) is 0 Å². The van der Waals surface area contributed by atoms with Gasteiger partial charge >= 0.3 is 0 Å². The molecular weight excluding hydrogens is 382 g/mol. The lowest BCUT2D eigenvalue weighted by atomic mass is 9.85. The first kappa shape index (κ1) is 21.4. The second kappa shape index (κ2) is 10.4. The van der Waals surface area contributed by atoms with E-state index in [4.69, 9.17) is 14.6 Å². The Balaban J connectivity index is 2.03. The Kier molecular flexibility index (Phi) is 7.69. The van der Waals surface area contributed by atoms with Gasteiger partial charge in [-0.25, -0.2) is 4.68 Å². The summed E-state index contributed by atoms with van der Waals surface area (Å²) in [7, 11) is 3.36. The molecule has 1 fully saturated rings. The molecule has 0 N–H and O–H groups in total. The second-order valence-electron chi connectivity index (χ2n) is 7.31. The molecule has 0 aliphatic heterocycles. The number of hydrogen-bond acceptors (Lipinski definition) is 5. The zero-order valence-corrected chi connectivity index (χ0v) is 18.5. The summed E-state index contributed by atoms with van der Waals surface area (Å²) in [5.41, 5.74) is 3.17. The van der Waals surface area contributed by atoms with Crippen molar-refractivity contribution in [1.29, 1.82) is 0 Å². The molecule has 1 aromatic carbocycles. The van der Waals surface area contributed by atoms with Gasteiger partial charge in [-0.05, 0) is 49.8 Å². The maximum atomic E-state index is 5.62. The van der Waals surface area contributed by atoms with Crippen molar-refractivity contribution in [2.75, 3.05) is 20.8 Å². The molecule has 1 aromatic heterocycles. The molecule has 0 bridgehead atoms. The van der Waals surface area contributed by atoms with E-state index in [1.807, 2.05) is 22.9 Å². The molecule has 1 aliphatic carbocycles. The van der Waals surface area contributed by atoms with Crippen molar-refractivity contribution in [1.82, 2.24) is 4.68 Å². The third-order valence-electron chi connectivity index (χ3n) is 5.34. The van der Waals surface area contributed by atoms with Crippen molar-refractivity contribution >= 4 is 17.0 Å². The Morgan fingerprint density at radius 1 is 1.24 bits per heavy atom. The van der Waals surface area contributed by atoms with Crippen LogP contribution in [0.1, 0.15) is 45.4 Å². The summed E-state index contributed by atoms with van der Waals surface area (Å²) in [5, 5.41) is 7.14. The molecule has 5 nitrogen and oxygen atoms in total. The molecule has 1 aliphatic rings. The Bertz CT molecular complexity index is 916. The standard InChI is InChI=1S/C23H31N3O2S/c1-5-7-17-8-10-18(11-9-17)25-26-21(16-29-23(26)24-14-6-2)20-15-19(27-3)12-13-22(20)28-4/h6,12-13,15-17H,2,5,7-11,14H2,1,3-4H3. The van der Waals surface area contributed by atoms with Crippen LogP contribution in [0.4, 0.5) is 0 Å². The summed E-state index contributed by atoms with van der Waals surface area (Å²) in [4.78, 5) is 5.53. The van der Waals surface area contributed by atoms with Crippen LogP contribution in [0.25, 0.3) is 11.3 Å². The van der Waals surface area contributed by atoms with Gasteiger partial charge in [0.1, 0.15) is 11.5 Å². The van der Waals surface area contributed by atoms with Crippen LogP contribution in [0.15, 0.2) is 46.3 Å². The third kappa shape index (κ3) is 5.18. The van der Waals surface area contributed by atoms with Gasteiger partial charge in [-0.3, -0.25) is 4.99 Å². The first-order chi connectivity index (χ1) is 14.2. The average molecular weight is 414 g/mol. The SMILES string of the molecule is C=CCN=c1scc(-c2cc(OC)ccc2OC)n1N=C1CCC(CCC)CC1. The van der Waals surface area contributed by atoms with E-state index < -0.39 is 0 Å². The van der Waals surface area contributed by atoms with Crippen molar-refractivity contribution in [3.8, 4) is 22.8 Å². The van der Waals surface area contributed by atoms with Gasteiger partial charge < -0.3 is 9.47 Å². The maximum absolute atomic E-state index is 5.62. The summed E-state index contributed by atoms with van der Waals surface area (Å²) < 4.78 is 13.0. The van der Waals surface area contributed by atoms with Crippen molar-refractivity contribution < 1.29 is 9.47 Å². The minimum Gasteiger partial charge on any atom is -0.497 e. The minimum atomic E-state index is 0.568. The fraction of sp³-hybridized carbons (Fsp3) is 0.478. The summed E-state index contributed by atoms with van der Waals surface area (Å²) in [6.45, 7) is 6.63. The van der Waals surface area contributed by atoms with Gasteiger partial charge in [0.15, 0.2) is 0 Å². The van der Waals surface area contributed by atoms with E-state index in [0.29, 0.717) is 6.54 Å². The molecule has 3 rings (SSSR count). The van der Waals surface area contributed by atoms with E-state index in [1.165, 1.54) is 31.4 Å². The van der Waals surface area contributed by atoms with Crippen LogP contribution in [0.3, 0.4) is 0 Å². The number of aromatic nitrogens is 1. The van der Waals surface area contributed by atoms with Gasteiger partial charge in [0, 0.05) is 16.7 Å². The zero-order valence-electron chi connectivity index (χ0n) is 17.7. The molecule has 29 heavy (non-hydrogen) atoms. The lowest BCUT2D eigenvalue weighted by Crippen LogP contribution is -2.19. The normalized spacial score (nSPS) is 17.3. The predicted octanol–water partition coefficient (Wildman–Crippen LogP) is 5.51. The van der Waals surface area contributed by atoms with E-state index in [2.05, 4.69) is 23.9 Å². The highest BCUT2D eigenvalue weighted by atomic mass is 32.1. The molecule has 0 atom stereocenters. The van der Waals surface area contributed by atoms with Crippen LogP contribution < -0.4 is 14.3 Å². The number of rotatable bonds is 8. The van der Waals surface area contributed by atoms with Crippen LogP contribution in [-0.4, -0.2) is 31.2 Å². The van der Waals surface area contributed by atoms with Gasteiger partial charge in [0.2, 0.25) is 4.80 Å². The molecule has 1 heterocycles. The molecule has 6 heteroatoms. The van der Waals surface area contributed by atoms with Crippen LogP contribution in [0, 0.1) is 5.92 Å². The Hall–Kier alpha value is -2.34. The topological polar surface area (TPSA) is 48.1 Å². The lowest BCUT2D eigenvalue weighted by molar-refractivity contribution is 0.404. The van der Waals surface area contributed by atoms with E-state index >= 15 is 0 Å². The summed E-state index contributed by atoms with van der Waals surface area (Å²) >= 11 is 1.59. The highest BCUT2D eigenvalue weighted by Gasteiger charge is 2.19. The Labute approximate surface area is 177 Å². The number of ether oxygens (including phenoxy) is 2. The van der Waals surface area contributed by atoms with E-state index in [0.717, 1.165) is 46.3 Å². The lowest BCUT2D eigenvalue weighted by Gasteiger charge is -2.22. The van der Waals surface area contributed by atoms with Gasteiger partial charge in [-0.15, -0.1) is 17.9 Å². The van der Waals surface area contributed by atoms with Crippen molar-refractivity contribution in [3.63, 3.8) is 0 Å². The monoisotopic (exact) mass is 413 g/mol. The molecule has 0 unspecified atom stereocenters. The van der Waals surface area contributed by atoms with E-state index in [1.54, 1.807) is 31.6 Å². The fourth-order valence-electron chi connectivity index (χ4n) is 3.80. The first-order valence-electron chi connectivity index (χ1n) is 10.3. The smallest absolute Gasteiger partial charge is 0.206 e. The van der Waals surface area contributed by atoms with E-state index in [9.17, 15) is 0 Å². The number of nitrogens with zero attached hydrogens (tertiary/aromatic N) is 3. The highest BCUT2D eigenvalue weighted by Crippen LogP contribution is 2.34. The van der Waals surface area contributed by atoms with Gasteiger partial charge in [-0.2, -0.15) is 5.10 Å². The summed E-state index contributed by atoms with van der Waals surface area (Å²) in [5.74, 6) is 2.42. The Morgan fingerprint density at radius 2 is 2.03 bits per heavy atom. The maximum Gasteiger partial charge on any atom is 0.206 e. The number of thiazole rings is 1. The average Bonchev–Trinajstić information content (AvgIpc) is 3.15. The highest BCUT2D eigenvalue weighted by molar-refractivity contribution is 7.07. The van der Waals surface area contributed by atoms with Crippen molar-refractivity contribution in [2.45, 2.75) is 45.4 Å². The minimum absolute atomic E-state index is 0.568. The molecular formula is C23H31N3O2S. The number of benzene rings is 1. The zero-order chi connectivity index (χ0) is 20.6. The molecule has 0 spiro atoms. The second-order valence-corrected chi connectivity index (χ2v) is 8.15. The van der Waals surface area contributed by atoms with Crippen LogP contribution in [0.5, 0.6) is 11.5 Å². The molecule has 1 saturated carbocycles. The largest absolute Gasteiger partial charge is 0.497 e. The number of hydrogen-bond donors (Lipinski definition) is 0. The van der Waals surface area contributed by atoms with Crippen LogP contribution in [0.2, 0.25) is 0 Å². The predicted molar refractivity (Wildman–Crippen MR) is 121 cm³/mol. The first-order valence-corrected chi connectivity index (χ1v) is 11.2. The number of methoxy groups -OCH3 is 2. The molecule has 0 radical (unpaired) electrons. The Morgan fingerprint density at radius 3 is 2.69 bits per heavy atom. The van der Waals surface area contributed by atoms with Crippen LogP contribution >= 0.6 is 11.3 Å². The fourth-order valence-corrected chi connectivity index (χ4v) is 4.63. The molecule has 156 valence electrons. The van der Waals surface area contributed by atoms with Gasteiger partial charge in [-0.1, -0.05) is 25.8 Å². The molecule has 2 aromatic rings. The summed E-state index contributed by atoms with van der Waals surface area (Å²) in [6, 6.07) is 5.83. The van der Waals surface area contributed by atoms with Gasteiger partial charge in [0.05, 0.1) is 26.5 Å². The molecule has 0 amide bonds. The van der Waals surface area contributed by atoms with E-state index in [-0.39, 0.29) is 0 Å². The molecule has 0 saturated heterocycles. The van der Waals surface area contributed by atoms with Crippen molar-refractivity contribution in [3.05, 3.63) is 41.0 Å². The van der Waals surface area contributed by atoms with Crippen LogP contribution in [-0.2, 0) is 0 Å². The van der Waals surface area contributed by atoms with Crippen molar-refractivity contribution in [2.24, 2.45) is 16.0 Å².